The first kappa shape index (κ1) is 13.7. The lowest BCUT2D eigenvalue weighted by atomic mass is 10.4. The summed E-state index contributed by atoms with van der Waals surface area (Å²) in [5.74, 6) is 0. The van der Waals surface area contributed by atoms with Crippen LogP contribution < -0.4 is 15.8 Å². The first-order valence-corrected chi connectivity index (χ1v) is 6.06. The van der Waals surface area contributed by atoms with E-state index >= 15 is 0 Å². The van der Waals surface area contributed by atoms with Crippen LogP contribution in [0.3, 0.4) is 0 Å². The Bertz CT molecular complexity index is 400. The van der Waals surface area contributed by atoms with E-state index in [0.29, 0.717) is 12.6 Å². The van der Waals surface area contributed by atoms with Gasteiger partial charge in [0.1, 0.15) is 0 Å². The van der Waals surface area contributed by atoms with Crippen molar-refractivity contribution in [2.45, 2.75) is 33.4 Å². The van der Waals surface area contributed by atoms with Gasteiger partial charge in [0.05, 0.1) is 18.4 Å². The fourth-order valence-corrected chi connectivity index (χ4v) is 1.44. The maximum atomic E-state index is 11.8. The van der Waals surface area contributed by atoms with Crippen LogP contribution in [-0.4, -0.2) is 36.0 Å². The number of rotatable bonds is 6. The molecule has 0 aromatic carbocycles. The summed E-state index contributed by atoms with van der Waals surface area (Å²) in [6.07, 6.45) is 1.74. The molecule has 96 valence electrons. The molecule has 0 aliphatic heterocycles. The van der Waals surface area contributed by atoms with E-state index in [-0.39, 0.29) is 5.56 Å². The number of hydrogen-bond donors (Lipinski definition) is 1. The maximum Gasteiger partial charge on any atom is 0.268 e. The molecule has 0 radical (unpaired) electrons. The molecule has 0 saturated heterocycles. The third kappa shape index (κ3) is 4.19. The first-order valence-electron chi connectivity index (χ1n) is 6.06. The minimum Gasteiger partial charge on any atom is -0.373 e. The molecule has 0 unspecified atom stereocenters. The highest BCUT2D eigenvalue weighted by molar-refractivity contribution is 5.41. The minimum absolute atomic E-state index is 0.0478. The normalized spacial score (nSPS) is 10.9. The Morgan fingerprint density at radius 2 is 2.24 bits per heavy atom. The summed E-state index contributed by atoms with van der Waals surface area (Å²) in [7, 11) is 1.95. The Morgan fingerprint density at radius 1 is 1.53 bits per heavy atom. The van der Waals surface area contributed by atoms with E-state index in [9.17, 15) is 4.79 Å². The molecule has 0 fully saturated rings. The number of anilines is 1. The maximum absolute atomic E-state index is 11.8. The highest BCUT2D eigenvalue weighted by Gasteiger charge is 2.03. The topological polar surface area (TPSA) is 50.2 Å². The number of nitrogens with zero attached hydrogens (tertiary/aromatic N) is 3. The highest BCUT2D eigenvalue weighted by atomic mass is 16.1. The molecule has 1 aromatic rings. The highest BCUT2D eigenvalue weighted by Crippen LogP contribution is 2.05. The molecule has 1 N–H and O–H groups in total. The number of nitrogens with one attached hydrogen (secondary N) is 1. The molecule has 1 rings (SSSR count). The van der Waals surface area contributed by atoms with Crippen LogP contribution in [0.25, 0.3) is 0 Å². The molecule has 0 aliphatic carbocycles. The third-order valence-electron chi connectivity index (χ3n) is 2.65. The summed E-state index contributed by atoms with van der Waals surface area (Å²) in [6, 6.07) is 2.06. The van der Waals surface area contributed by atoms with Gasteiger partial charge in [0.2, 0.25) is 0 Å². The van der Waals surface area contributed by atoms with Crippen LogP contribution in [0.1, 0.15) is 20.8 Å². The quantitative estimate of drug-likeness (QED) is 0.792. The summed E-state index contributed by atoms with van der Waals surface area (Å²) in [6.45, 7) is 8.42. The molecule has 0 amide bonds. The van der Waals surface area contributed by atoms with E-state index in [1.165, 1.54) is 4.68 Å². The standard InChI is InChI=1S/C12H22N4O/c1-5-15(4)11-8-12(17)16(14-9-11)7-6-13-10(2)3/h8-10,13H,5-7H2,1-4H3. The fourth-order valence-electron chi connectivity index (χ4n) is 1.44. The zero-order valence-electron chi connectivity index (χ0n) is 11.1. The van der Waals surface area contributed by atoms with Gasteiger partial charge in [-0.25, -0.2) is 4.68 Å². The molecule has 0 atom stereocenters. The largest absolute Gasteiger partial charge is 0.373 e. The Morgan fingerprint density at radius 3 is 2.76 bits per heavy atom. The van der Waals surface area contributed by atoms with E-state index < -0.39 is 0 Å². The van der Waals surface area contributed by atoms with Crippen molar-refractivity contribution in [1.82, 2.24) is 15.1 Å². The zero-order chi connectivity index (χ0) is 12.8. The molecule has 1 heterocycles. The monoisotopic (exact) mass is 238 g/mol. The molecule has 1 aromatic heterocycles. The van der Waals surface area contributed by atoms with Crippen molar-refractivity contribution in [2.75, 3.05) is 25.0 Å². The minimum atomic E-state index is -0.0478. The van der Waals surface area contributed by atoms with Gasteiger partial charge in [0, 0.05) is 32.2 Å². The second kappa shape index (κ2) is 6.39. The molecule has 0 saturated carbocycles. The molecule has 17 heavy (non-hydrogen) atoms. The number of hydrogen-bond acceptors (Lipinski definition) is 4. The van der Waals surface area contributed by atoms with Gasteiger partial charge < -0.3 is 10.2 Å². The SMILES string of the molecule is CCN(C)c1cnn(CCNC(C)C)c(=O)c1. The summed E-state index contributed by atoms with van der Waals surface area (Å²) >= 11 is 0. The average molecular weight is 238 g/mol. The second-order valence-corrected chi connectivity index (χ2v) is 4.40. The van der Waals surface area contributed by atoms with Gasteiger partial charge >= 0.3 is 0 Å². The Balaban J connectivity index is 2.67. The molecule has 0 bridgehead atoms. The van der Waals surface area contributed by atoms with E-state index in [0.717, 1.165) is 18.8 Å². The van der Waals surface area contributed by atoms with Gasteiger partial charge in [-0.1, -0.05) is 13.8 Å². The van der Waals surface area contributed by atoms with E-state index in [2.05, 4.69) is 24.3 Å². The predicted octanol–water partition coefficient (Wildman–Crippen LogP) is 0.697. The van der Waals surface area contributed by atoms with E-state index in [4.69, 9.17) is 0 Å². The summed E-state index contributed by atoms with van der Waals surface area (Å²) < 4.78 is 1.49. The smallest absolute Gasteiger partial charge is 0.268 e. The lowest BCUT2D eigenvalue weighted by Crippen LogP contribution is -2.32. The third-order valence-corrected chi connectivity index (χ3v) is 2.65. The molecular weight excluding hydrogens is 216 g/mol. The van der Waals surface area contributed by atoms with Crippen molar-refractivity contribution >= 4 is 5.69 Å². The van der Waals surface area contributed by atoms with Crippen LogP contribution in [0.4, 0.5) is 5.69 Å². The van der Waals surface area contributed by atoms with Crippen LogP contribution in [0.5, 0.6) is 0 Å². The predicted molar refractivity (Wildman–Crippen MR) is 70.6 cm³/mol. The van der Waals surface area contributed by atoms with Crippen molar-refractivity contribution < 1.29 is 0 Å². The van der Waals surface area contributed by atoms with Crippen LogP contribution in [-0.2, 0) is 6.54 Å². The Hall–Kier alpha value is -1.36. The van der Waals surface area contributed by atoms with Gasteiger partial charge in [-0.3, -0.25) is 4.79 Å². The van der Waals surface area contributed by atoms with Gasteiger partial charge in [-0.05, 0) is 6.92 Å². The van der Waals surface area contributed by atoms with Gasteiger partial charge in [-0.15, -0.1) is 0 Å². The van der Waals surface area contributed by atoms with Crippen molar-refractivity contribution in [3.05, 3.63) is 22.6 Å². The van der Waals surface area contributed by atoms with Gasteiger partial charge in [0.15, 0.2) is 0 Å². The first-order chi connectivity index (χ1) is 8.04. The lowest BCUT2D eigenvalue weighted by Gasteiger charge is -2.16. The summed E-state index contributed by atoms with van der Waals surface area (Å²) in [5, 5.41) is 7.43. The van der Waals surface area contributed by atoms with Crippen LogP contribution in [0, 0.1) is 0 Å². The van der Waals surface area contributed by atoms with Crippen LogP contribution in [0.2, 0.25) is 0 Å². The van der Waals surface area contributed by atoms with Gasteiger partial charge in [0.25, 0.3) is 5.56 Å². The zero-order valence-corrected chi connectivity index (χ0v) is 11.1. The van der Waals surface area contributed by atoms with Crippen molar-refractivity contribution in [1.29, 1.82) is 0 Å². The summed E-state index contributed by atoms with van der Waals surface area (Å²) in [4.78, 5) is 13.8. The number of aromatic nitrogens is 2. The van der Waals surface area contributed by atoms with Crippen molar-refractivity contribution in [2.24, 2.45) is 0 Å². The van der Waals surface area contributed by atoms with Crippen molar-refractivity contribution in [3.63, 3.8) is 0 Å². The van der Waals surface area contributed by atoms with Crippen molar-refractivity contribution in [3.8, 4) is 0 Å². The fraction of sp³-hybridized carbons (Fsp3) is 0.667. The lowest BCUT2D eigenvalue weighted by molar-refractivity contribution is 0.500. The molecular formula is C12H22N4O. The molecule has 0 spiro atoms. The van der Waals surface area contributed by atoms with Gasteiger partial charge in [-0.2, -0.15) is 5.10 Å². The Labute approximate surface area is 102 Å². The average Bonchev–Trinajstić information content (AvgIpc) is 2.29. The van der Waals surface area contributed by atoms with E-state index in [1.807, 2.05) is 18.9 Å². The van der Waals surface area contributed by atoms with Crippen LogP contribution >= 0.6 is 0 Å². The molecule has 5 heteroatoms. The molecule has 5 nitrogen and oxygen atoms in total. The van der Waals surface area contributed by atoms with Crippen LogP contribution in [0.15, 0.2) is 17.1 Å². The summed E-state index contributed by atoms with van der Waals surface area (Å²) in [5.41, 5.74) is 0.818. The Kier molecular flexibility index (Phi) is 5.15. The molecule has 0 aliphatic rings. The second-order valence-electron chi connectivity index (χ2n) is 4.40. The van der Waals surface area contributed by atoms with E-state index in [1.54, 1.807) is 12.3 Å².